The fraction of sp³-hybridized carbons (Fsp3) is 0.294. The van der Waals surface area contributed by atoms with Crippen LogP contribution in [0.15, 0.2) is 146 Å². The van der Waals surface area contributed by atoms with Gasteiger partial charge in [-0.25, -0.2) is 0 Å². The molecule has 0 saturated carbocycles. The normalized spacial score (nSPS) is 11.7. The third-order valence-electron chi connectivity index (χ3n) is 14.1. The highest BCUT2D eigenvalue weighted by Crippen LogP contribution is 2.37. The molecule has 0 radical (unpaired) electrons. The van der Waals surface area contributed by atoms with E-state index in [1.807, 2.05) is 128 Å². The Balaban J connectivity index is 0.000000196. The standard InChI is InChI=1S/4C17H17F3/c2*1-11-4-6-14(8-13(11)3)9-15-7-5-12(2)16(10-15)17(18,19)20;2*1-11-4-6-14(13(3)8-11)10-15-7-5-12(2)9-16(15)17(18,19)20/h2*4-8,10H,9H2,1-3H3;2*4-9H,10H2,1-3H3. The number of hydrogen-bond donors (Lipinski definition) is 0. The second-order valence-corrected chi connectivity index (χ2v) is 21.0. The molecule has 0 aliphatic heterocycles. The first kappa shape index (κ1) is 63.7. The van der Waals surface area contributed by atoms with E-state index in [4.69, 9.17) is 0 Å². The molecule has 0 N–H and O–H groups in total. The molecule has 0 bridgehead atoms. The number of rotatable bonds is 8. The minimum atomic E-state index is -4.31. The van der Waals surface area contributed by atoms with Gasteiger partial charge in [0, 0.05) is 0 Å². The second-order valence-electron chi connectivity index (χ2n) is 21.0. The summed E-state index contributed by atoms with van der Waals surface area (Å²) in [5, 5.41) is 0. The van der Waals surface area contributed by atoms with Gasteiger partial charge in [-0.2, -0.15) is 52.7 Å². The number of alkyl halides is 12. The molecule has 0 aliphatic rings. The van der Waals surface area contributed by atoms with Gasteiger partial charge in [-0.3, -0.25) is 0 Å². The third-order valence-corrected chi connectivity index (χ3v) is 14.1. The summed E-state index contributed by atoms with van der Waals surface area (Å²) >= 11 is 0. The summed E-state index contributed by atoms with van der Waals surface area (Å²) in [6, 6.07) is 41.9. The number of benzene rings is 8. The lowest BCUT2D eigenvalue weighted by Crippen LogP contribution is -2.10. The van der Waals surface area contributed by atoms with E-state index in [1.165, 1.54) is 49.2 Å². The van der Waals surface area contributed by atoms with Crippen molar-refractivity contribution in [1.29, 1.82) is 0 Å². The monoisotopic (exact) mass is 1110 g/mol. The van der Waals surface area contributed by atoms with Crippen molar-refractivity contribution in [2.45, 2.75) is 133 Å². The SMILES string of the molecule is Cc1ccc(Cc2ccc(C)c(C(F)(F)F)c2)cc1C.Cc1ccc(Cc2ccc(C)c(C(F)(F)F)c2)cc1C.Cc1ccc(Cc2ccc(C)cc2C(F)(F)F)c(C)c1.Cc1ccc(Cc2ccc(C)cc2C(F)(F)F)c(C)c1. The van der Waals surface area contributed by atoms with Gasteiger partial charge in [-0.15, -0.1) is 0 Å². The summed E-state index contributed by atoms with van der Waals surface area (Å²) < 4.78 is 156. The predicted molar refractivity (Wildman–Crippen MR) is 300 cm³/mol. The van der Waals surface area contributed by atoms with Crippen molar-refractivity contribution in [2.24, 2.45) is 0 Å². The number of halogens is 12. The maximum absolute atomic E-state index is 13.1. The lowest BCUT2D eigenvalue weighted by atomic mass is 9.94. The molecule has 0 amide bonds. The van der Waals surface area contributed by atoms with Crippen LogP contribution >= 0.6 is 0 Å². The van der Waals surface area contributed by atoms with Gasteiger partial charge in [-0.1, -0.05) is 144 Å². The Labute approximate surface area is 463 Å². The van der Waals surface area contributed by atoms with E-state index in [-0.39, 0.29) is 11.1 Å². The van der Waals surface area contributed by atoms with Crippen LogP contribution in [0.5, 0.6) is 0 Å². The molecule has 0 heterocycles. The van der Waals surface area contributed by atoms with Gasteiger partial charge in [0.15, 0.2) is 0 Å². The molecule has 12 heteroatoms. The largest absolute Gasteiger partial charge is 0.416 e. The molecule has 8 aromatic carbocycles. The Morgan fingerprint density at radius 3 is 0.750 bits per heavy atom. The third kappa shape index (κ3) is 18.5. The summed E-state index contributed by atoms with van der Waals surface area (Å²) in [5.41, 5.74) is 14.6. The first-order valence-corrected chi connectivity index (χ1v) is 26.0. The highest BCUT2D eigenvalue weighted by molar-refractivity contribution is 5.44. The van der Waals surface area contributed by atoms with Gasteiger partial charge in [0.05, 0.1) is 22.3 Å². The van der Waals surface area contributed by atoms with Gasteiger partial charge in [-0.05, 0) is 222 Å². The molecule has 0 unspecified atom stereocenters. The molecular formula is C68H68F12. The minimum absolute atomic E-state index is 0.265. The van der Waals surface area contributed by atoms with Crippen molar-refractivity contribution in [3.8, 4) is 0 Å². The van der Waals surface area contributed by atoms with Crippen LogP contribution in [0.4, 0.5) is 52.7 Å². The Morgan fingerprint density at radius 1 is 0.212 bits per heavy atom. The summed E-state index contributed by atoms with van der Waals surface area (Å²) in [6.07, 6.45) is -15.5. The molecule has 0 saturated heterocycles. The van der Waals surface area contributed by atoms with E-state index >= 15 is 0 Å². The van der Waals surface area contributed by atoms with Crippen molar-refractivity contribution >= 4 is 0 Å². The Morgan fingerprint density at radius 2 is 0.475 bits per heavy atom. The van der Waals surface area contributed by atoms with Gasteiger partial charge in [0.2, 0.25) is 0 Å². The van der Waals surface area contributed by atoms with Crippen LogP contribution in [0.25, 0.3) is 0 Å². The van der Waals surface area contributed by atoms with Crippen LogP contribution < -0.4 is 0 Å². The van der Waals surface area contributed by atoms with Crippen molar-refractivity contribution < 1.29 is 52.7 Å². The van der Waals surface area contributed by atoms with Crippen molar-refractivity contribution in [3.63, 3.8) is 0 Å². The van der Waals surface area contributed by atoms with Crippen LogP contribution in [-0.4, -0.2) is 0 Å². The number of hydrogen-bond acceptors (Lipinski definition) is 0. The topological polar surface area (TPSA) is 0 Å². The van der Waals surface area contributed by atoms with Gasteiger partial charge >= 0.3 is 24.7 Å². The van der Waals surface area contributed by atoms with E-state index in [2.05, 4.69) is 0 Å². The summed E-state index contributed by atoms with van der Waals surface area (Å²) in [6.45, 7) is 22.2. The molecule has 0 spiro atoms. The van der Waals surface area contributed by atoms with Crippen LogP contribution in [0, 0.1) is 83.1 Å². The molecule has 0 aliphatic carbocycles. The van der Waals surface area contributed by atoms with Gasteiger partial charge in [0.25, 0.3) is 0 Å². The average Bonchev–Trinajstić information content (AvgIpc) is 3.35. The molecule has 8 aromatic rings. The Bertz CT molecular complexity index is 3180. The Kier molecular flexibility index (Phi) is 21.1. The molecule has 0 atom stereocenters. The maximum Gasteiger partial charge on any atom is 0.416 e. The molecule has 0 fully saturated rings. The smallest absolute Gasteiger partial charge is 0.166 e. The lowest BCUT2D eigenvalue weighted by molar-refractivity contribution is -0.139. The average molecular weight is 1110 g/mol. The quantitative estimate of drug-likeness (QED) is 0.133. The van der Waals surface area contributed by atoms with Crippen LogP contribution in [0.2, 0.25) is 0 Å². The second kappa shape index (κ2) is 26.5. The fourth-order valence-electron chi connectivity index (χ4n) is 9.18. The molecule has 424 valence electrons. The number of aryl methyl sites for hydroxylation is 12. The van der Waals surface area contributed by atoms with Crippen LogP contribution in [0.3, 0.4) is 0 Å². The zero-order valence-electron chi connectivity index (χ0n) is 47.2. The fourth-order valence-corrected chi connectivity index (χ4v) is 9.18. The molecule has 0 aromatic heterocycles. The lowest BCUT2D eigenvalue weighted by Gasteiger charge is -2.15. The Hall–Kier alpha value is -7.08. The summed E-state index contributed by atoms with van der Waals surface area (Å²) in [4.78, 5) is 0. The van der Waals surface area contributed by atoms with E-state index < -0.39 is 47.0 Å². The van der Waals surface area contributed by atoms with Crippen molar-refractivity contribution in [3.05, 3.63) is 279 Å². The van der Waals surface area contributed by atoms with E-state index in [0.29, 0.717) is 59.1 Å². The summed E-state index contributed by atoms with van der Waals surface area (Å²) in [5.74, 6) is 0. The zero-order valence-corrected chi connectivity index (χ0v) is 47.2. The zero-order chi connectivity index (χ0) is 59.7. The van der Waals surface area contributed by atoms with E-state index in [1.54, 1.807) is 62.4 Å². The van der Waals surface area contributed by atoms with Gasteiger partial charge < -0.3 is 0 Å². The highest BCUT2D eigenvalue weighted by Gasteiger charge is 2.35. The van der Waals surface area contributed by atoms with Gasteiger partial charge in [0.1, 0.15) is 0 Å². The maximum atomic E-state index is 13.1. The minimum Gasteiger partial charge on any atom is -0.166 e. The van der Waals surface area contributed by atoms with Crippen molar-refractivity contribution in [2.75, 3.05) is 0 Å². The first-order valence-electron chi connectivity index (χ1n) is 26.0. The highest BCUT2D eigenvalue weighted by atomic mass is 19.4. The van der Waals surface area contributed by atoms with E-state index in [9.17, 15) is 52.7 Å². The van der Waals surface area contributed by atoms with Crippen molar-refractivity contribution in [1.82, 2.24) is 0 Å². The predicted octanol–water partition coefficient (Wildman–Crippen LogP) is 20.9. The molecule has 8 rings (SSSR count). The van der Waals surface area contributed by atoms with Crippen LogP contribution in [0.1, 0.15) is 134 Å². The molecule has 0 nitrogen and oxygen atoms in total. The summed E-state index contributed by atoms with van der Waals surface area (Å²) in [7, 11) is 0. The van der Waals surface area contributed by atoms with Crippen LogP contribution in [-0.2, 0) is 50.4 Å². The first-order chi connectivity index (χ1) is 37.1. The van der Waals surface area contributed by atoms with E-state index in [0.717, 1.165) is 55.6 Å². The molecule has 80 heavy (non-hydrogen) atoms. The molecular weight excluding hydrogens is 1040 g/mol.